The highest BCUT2D eigenvalue weighted by Crippen LogP contribution is 2.46. The SMILES string of the molecule is O=C(O)C1CCCN1C(=O)N(c1ccccc1)C1C[C@H]2CCC[C@@H](C1)N2C1C[C@H]2CCC[C@@H](C1)C2. The highest BCUT2D eigenvalue weighted by Gasteiger charge is 2.48. The lowest BCUT2D eigenvalue weighted by molar-refractivity contribution is -0.141. The number of carbonyl (C=O) groups excluding carboxylic acids is 1. The van der Waals surface area contributed by atoms with Crippen molar-refractivity contribution in [2.24, 2.45) is 11.8 Å². The lowest BCUT2D eigenvalue weighted by Crippen LogP contribution is -2.63. The summed E-state index contributed by atoms with van der Waals surface area (Å²) >= 11 is 0. The van der Waals surface area contributed by atoms with Gasteiger partial charge in [0.1, 0.15) is 6.04 Å². The molecule has 5 fully saturated rings. The van der Waals surface area contributed by atoms with E-state index in [1.54, 1.807) is 4.90 Å². The fraction of sp³-hybridized carbons (Fsp3) is 0.724. The van der Waals surface area contributed by atoms with E-state index < -0.39 is 12.0 Å². The number of urea groups is 1. The van der Waals surface area contributed by atoms with Crippen molar-refractivity contribution in [1.82, 2.24) is 9.80 Å². The van der Waals surface area contributed by atoms with Gasteiger partial charge in [0, 0.05) is 36.4 Å². The van der Waals surface area contributed by atoms with E-state index in [1.165, 1.54) is 57.8 Å². The molecule has 3 heterocycles. The van der Waals surface area contributed by atoms with Gasteiger partial charge in [0.25, 0.3) is 0 Å². The molecule has 3 aliphatic heterocycles. The predicted octanol–water partition coefficient (Wildman–Crippen LogP) is 5.52. The van der Waals surface area contributed by atoms with E-state index >= 15 is 0 Å². The maximum atomic E-state index is 14.0. The van der Waals surface area contributed by atoms with E-state index in [0.29, 0.717) is 25.0 Å². The molecule has 1 N–H and O–H groups in total. The number of likely N-dealkylation sites (tertiary alicyclic amines) is 1. The van der Waals surface area contributed by atoms with E-state index in [0.717, 1.165) is 42.8 Å². The summed E-state index contributed by atoms with van der Waals surface area (Å²) in [6, 6.07) is 11.2. The number of fused-ring (bicyclic) bond motifs is 4. The Morgan fingerprint density at radius 2 is 1.43 bits per heavy atom. The van der Waals surface area contributed by atoms with Gasteiger partial charge in [-0.1, -0.05) is 43.9 Å². The molecule has 1 aromatic carbocycles. The molecule has 6 nitrogen and oxygen atoms in total. The minimum absolute atomic E-state index is 0.107. The van der Waals surface area contributed by atoms with Gasteiger partial charge in [-0.25, -0.2) is 9.59 Å². The summed E-state index contributed by atoms with van der Waals surface area (Å²) in [5.41, 5.74) is 0.914. The molecule has 6 rings (SSSR count). The van der Waals surface area contributed by atoms with Crippen LogP contribution in [0.25, 0.3) is 0 Å². The third-order valence-electron chi connectivity index (χ3n) is 9.92. The number of piperidine rings is 2. The Labute approximate surface area is 209 Å². The number of rotatable bonds is 4. The van der Waals surface area contributed by atoms with Crippen molar-refractivity contribution in [2.75, 3.05) is 11.4 Å². The molecule has 5 aliphatic rings. The number of carboxylic acid groups (broad SMARTS) is 1. The fourth-order valence-electron chi connectivity index (χ4n) is 8.59. The van der Waals surface area contributed by atoms with Crippen LogP contribution >= 0.6 is 0 Å². The monoisotopic (exact) mass is 479 g/mol. The second-order valence-electron chi connectivity index (χ2n) is 12.0. The van der Waals surface area contributed by atoms with Gasteiger partial charge in [-0.15, -0.1) is 0 Å². The average Bonchev–Trinajstić information content (AvgIpc) is 3.35. The van der Waals surface area contributed by atoms with Crippen molar-refractivity contribution in [1.29, 1.82) is 0 Å². The summed E-state index contributed by atoms with van der Waals surface area (Å²) in [6.07, 6.45) is 15.6. The first kappa shape index (κ1) is 23.3. The molecule has 190 valence electrons. The van der Waals surface area contributed by atoms with Gasteiger partial charge in [-0.2, -0.15) is 0 Å². The summed E-state index contributed by atoms with van der Waals surface area (Å²) < 4.78 is 0. The van der Waals surface area contributed by atoms with Crippen LogP contribution in [0.5, 0.6) is 0 Å². The van der Waals surface area contributed by atoms with Gasteiger partial charge in [0.15, 0.2) is 0 Å². The van der Waals surface area contributed by atoms with Gasteiger partial charge in [0.2, 0.25) is 0 Å². The van der Waals surface area contributed by atoms with Gasteiger partial charge < -0.3 is 10.0 Å². The average molecular weight is 480 g/mol. The normalized spacial score (nSPS) is 37.1. The molecule has 6 heteroatoms. The zero-order chi connectivity index (χ0) is 23.9. The number of anilines is 1. The molecule has 0 spiro atoms. The third kappa shape index (κ3) is 4.47. The lowest BCUT2D eigenvalue weighted by Gasteiger charge is -2.56. The van der Waals surface area contributed by atoms with Gasteiger partial charge >= 0.3 is 12.0 Å². The highest BCUT2D eigenvalue weighted by molar-refractivity contribution is 5.95. The summed E-state index contributed by atoms with van der Waals surface area (Å²) in [6.45, 7) is 0.537. The highest BCUT2D eigenvalue weighted by atomic mass is 16.4. The third-order valence-corrected chi connectivity index (χ3v) is 9.92. The van der Waals surface area contributed by atoms with E-state index in [4.69, 9.17) is 0 Å². The van der Waals surface area contributed by atoms with Crippen LogP contribution < -0.4 is 4.90 Å². The van der Waals surface area contributed by atoms with Gasteiger partial charge in [-0.3, -0.25) is 9.80 Å². The number of aliphatic carboxylic acids is 1. The van der Waals surface area contributed by atoms with E-state index in [2.05, 4.69) is 4.90 Å². The Kier molecular flexibility index (Phi) is 6.50. The maximum Gasteiger partial charge on any atom is 0.326 e. The fourth-order valence-corrected chi connectivity index (χ4v) is 8.59. The number of benzene rings is 1. The van der Waals surface area contributed by atoms with Crippen LogP contribution in [0.1, 0.15) is 83.5 Å². The van der Waals surface area contributed by atoms with Crippen molar-refractivity contribution < 1.29 is 14.7 Å². The zero-order valence-electron chi connectivity index (χ0n) is 20.9. The number of amides is 2. The molecule has 3 saturated heterocycles. The van der Waals surface area contributed by atoms with Crippen molar-refractivity contribution in [2.45, 2.75) is 114 Å². The van der Waals surface area contributed by atoms with Crippen molar-refractivity contribution in [3.63, 3.8) is 0 Å². The number of carboxylic acids is 1. The molecule has 0 aromatic heterocycles. The summed E-state index contributed by atoms with van der Waals surface area (Å²) in [7, 11) is 0. The molecule has 2 saturated carbocycles. The van der Waals surface area contributed by atoms with Crippen LogP contribution in [0.2, 0.25) is 0 Å². The summed E-state index contributed by atoms with van der Waals surface area (Å²) in [5.74, 6) is 0.978. The topological polar surface area (TPSA) is 64.1 Å². The first-order valence-electron chi connectivity index (χ1n) is 14.2. The maximum absolute atomic E-state index is 14.0. The minimum atomic E-state index is -0.876. The Hall–Kier alpha value is -2.08. The van der Waals surface area contributed by atoms with Crippen LogP contribution in [0, 0.1) is 11.8 Å². The van der Waals surface area contributed by atoms with Crippen molar-refractivity contribution >= 4 is 17.7 Å². The second-order valence-corrected chi connectivity index (χ2v) is 12.0. The summed E-state index contributed by atoms with van der Waals surface area (Å²) in [4.78, 5) is 32.4. The number of hydrogen-bond acceptors (Lipinski definition) is 3. The smallest absolute Gasteiger partial charge is 0.326 e. The lowest BCUT2D eigenvalue weighted by atomic mass is 9.68. The van der Waals surface area contributed by atoms with Crippen LogP contribution in [-0.2, 0) is 4.79 Å². The van der Waals surface area contributed by atoms with Crippen LogP contribution in [0.4, 0.5) is 10.5 Å². The molecule has 2 aliphatic carbocycles. The van der Waals surface area contributed by atoms with E-state index in [-0.39, 0.29) is 12.1 Å². The first-order chi connectivity index (χ1) is 17.1. The molecule has 7 atom stereocenters. The molecule has 35 heavy (non-hydrogen) atoms. The molecule has 4 bridgehead atoms. The van der Waals surface area contributed by atoms with Gasteiger partial charge in [-0.05, 0) is 81.8 Å². The molecular weight excluding hydrogens is 438 g/mol. The summed E-state index contributed by atoms with van der Waals surface area (Å²) in [5, 5.41) is 9.75. The number of hydrogen-bond donors (Lipinski definition) is 1. The molecular formula is C29H41N3O3. The molecule has 3 unspecified atom stereocenters. The van der Waals surface area contributed by atoms with Gasteiger partial charge in [0.05, 0.1) is 0 Å². The zero-order valence-corrected chi connectivity index (χ0v) is 20.9. The largest absolute Gasteiger partial charge is 0.480 e. The Morgan fingerprint density at radius 3 is 2.09 bits per heavy atom. The van der Waals surface area contributed by atoms with Crippen LogP contribution in [-0.4, -0.2) is 63.7 Å². The Morgan fingerprint density at radius 1 is 0.771 bits per heavy atom. The van der Waals surface area contributed by atoms with Crippen LogP contribution in [0.3, 0.4) is 0 Å². The first-order valence-corrected chi connectivity index (χ1v) is 14.2. The Bertz CT molecular complexity index is 897. The van der Waals surface area contributed by atoms with Crippen molar-refractivity contribution in [3.05, 3.63) is 30.3 Å². The molecule has 1 aromatic rings. The number of nitrogens with zero attached hydrogens (tertiary/aromatic N) is 3. The Balaban J connectivity index is 1.26. The number of para-hydroxylation sites is 1. The number of carbonyl (C=O) groups is 2. The quantitative estimate of drug-likeness (QED) is 0.618. The van der Waals surface area contributed by atoms with Crippen molar-refractivity contribution in [3.8, 4) is 0 Å². The predicted molar refractivity (Wildman–Crippen MR) is 136 cm³/mol. The molecule has 0 radical (unpaired) electrons. The van der Waals surface area contributed by atoms with E-state index in [9.17, 15) is 14.7 Å². The molecule has 2 amide bonds. The minimum Gasteiger partial charge on any atom is -0.480 e. The van der Waals surface area contributed by atoms with E-state index in [1.807, 2.05) is 35.2 Å². The standard InChI is InChI=1S/C29H41N3O3/c33-28(34)27-13-6-14-30(27)29(35)32(22-9-2-1-3-10-22)26-18-23-11-5-12-24(19-26)31(23)25-16-20-7-4-8-21(15-20)17-25/h1-3,9-10,20-21,23-27H,4-8,11-19H2,(H,33,34)/t20-,21+,23-,24+,25?,26?,27?. The van der Waals surface area contributed by atoms with Crippen LogP contribution in [0.15, 0.2) is 30.3 Å². The second kappa shape index (κ2) is 9.76.